The van der Waals surface area contributed by atoms with E-state index >= 15 is 0 Å². The first-order chi connectivity index (χ1) is 13.6. The summed E-state index contributed by atoms with van der Waals surface area (Å²) in [5.74, 6) is -0.511. The molecule has 6 nitrogen and oxygen atoms in total. The van der Waals surface area contributed by atoms with Crippen LogP contribution in [0.1, 0.15) is 18.9 Å². The highest BCUT2D eigenvalue weighted by Crippen LogP contribution is 2.31. The van der Waals surface area contributed by atoms with Crippen LogP contribution in [-0.2, 0) is 11.8 Å². The Bertz CT molecular complexity index is 1240. The number of ether oxygens (including phenoxy) is 1. The Labute approximate surface area is 160 Å². The van der Waals surface area contributed by atoms with Crippen molar-refractivity contribution in [2.45, 2.75) is 18.9 Å². The van der Waals surface area contributed by atoms with Gasteiger partial charge in [-0.3, -0.25) is 14.1 Å². The highest BCUT2D eigenvalue weighted by Gasteiger charge is 2.23. The lowest BCUT2D eigenvalue weighted by molar-refractivity contribution is 0.0593. The number of aryl methyl sites for hydroxylation is 1. The zero-order valence-corrected chi connectivity index (χ0v) is 15.4. The van der Waals surface area contributed by atoms with Crippen molar-refractivity contribution >= 4 is 21.9 Å². The second kappa shape index (κ2) is 6.53. The molecule has 0 spiro atoms. The maximum absolute atomic E-state index is 13.2. The molecule has 1 aromatic carbocycles. The van der Waals surface area contributed by atoms with Crippen LogP contribution >= 0.6 is 0 Å². The van der Waals surface area contributed by atoms with Gasteiger partial charge in [0.15, 0.2) is 0 Å². The van der Waals surface area contributed by atoms with E-state index in [0.29, 0.717) is 6.61 Å². The van der Waals surface area contributed by atoms with E-state index in [-0.39, 0.29) is 11.7 Å². The van der Waals surface area contributed by atoms with Gasteiger partial charge in [-0.25, -0.2) is 9.78 Å². The molecule has 1 fully saturated rings. The van der Waals surface area contributed by atoms with Gasteiger partial charge in [-0.05, 0) is 42.7 Å². The monoisotopic (exact) mass is 378 g/mol. The Kier molecular flexibility index (Phi) is 3.98. The van der Waals surface area contributed by atoms with Crippen LogP contribution in [-0.4, -0.2) is 32.3 Å². The molecule has 0 radical (unpaired) electrons. The number of nitrogens with zero attached hydrogens (tertiary/aromatic N) is 4. The summed E-state index contributed by atoms with van der Waals surface area (Å²) in [6, 6.07) is 8.91. The van der Waals surface area contributed by atoms with Crippen LogP contribution in [0.4, 0.5) is 4.39 Å². The summed E-state index contributed by atoms with van der Waals surface area (Å²) in [5.41, 5.74) is 4.11. The molecule has 4 heterocycles. The molecule has 1 aliphatic rings. The van der Waals surface area contributed by atoms with Gasteiger partial charge in [-0.1, -0.05) is 6.07 Å². The summed E-state index contributed by atoms with van der Waals surface area (Å²) in [6.07, 6.45) is 5.10. The smallest absolute Gasteiger partial charge is 0.329 e. The van der Waals surface area contributed by atoms with Crippen molar-refractivity contribution in [3.8, 4) is 11.1 Å². The molecular weight excluding hydrogens is 359 g/mol. The average molecular weight is 378 g/mol. The van der Waals surface area contributed by atoms with Crippen molar-refractivity contribution in [3.05, 3.63) is 59.2 Å². The Hall–Kier alpha value is -3.06. The van der Waals surface area contributed by atoms with Crippen LogP contribution in [0, 0.1) is 5.95 Å². The molecule has 0 saturated carbocycles. The molecule has 28 heavy (non-hydrogen) atoms. The summed E-state index contributed by atoms with van der Waals surface area (Å²) in [4.78, 5) is 21.3. The zero-order valence-electron chi connectivity index (χ0n) is 15.4. The quantitative estimate of drug-likeness (QED) is 0.501. The van der Waals surface area contributed by atoms with Gasteiger partial charge < -0.3 is 4.74 Å². The summed E-state index contributed by atoms with van der Waals surface area (Å²) in [5, 5.41) is 0.891. The summed E-state index contributed by atoms with van der Waals surface area (Å²) < 4.78 is 22.3. The largest absolute Gasteiger partial charge is 0.379 e. The highest BCUT2D eigenvalue weighted by molar-refractivity contribution is 6.04. The molecule has 1 aliphatic heterocycles. The van der Waals surface area contributed by atoms with E-state index in [0.717, 1.165) is 52.5 Å². The van der Waals surface area contributed by atoms with Gasteiger partial charge >= 0.3 is 5.69 Å². The second-order valence-electron chi connectivity index (χ2n) is 7.18. The molecule has 3 aromatic heterocycles. The highest BCUT2D eigenvalue weighted by atomic mass is 19.1. The molecule has 0 N–H and O–H groups in total. The Morgan fingerprint density at radius 1 is 1.14 bits per heavy atom. The maximum Gasteiger partial charge on any atom is 0.329 e. The standard InChI is InChI=1S/C21H19FN4O2/c1-25-18-11-23-17-6-4-13(14-5-7-19(22)24-10-14)9-16(17)20(18)26(21(25)27)15-3-2-8-28-12-15/h4-7,9-11,15H,2-3,8,12H2,1H3/t15-/m0/s1. The van der Waals surface area contributed by atoms with Crippen LogP contribution in [0.5, 0.6) is 0 Å². The van der Waals surface area contributed by atoms with E-state index in [1.807, 2.05) is 22.8 Å². The molecule has 1 saturated heterocycles. The van der Waals surface area contributed by atoms with E-state index in [1.165, 1.54) is 12.3 Å². The fourth-order valence-electron chi connectivity index (χ4n) is 4.02. The van der Waals surface area contributed by atoms with Crippen molar-refractivity contribution in [1.29, 1.82) is 0 Å². The van der Waals surface area contributed by atoms with Crippen molar-refractivity contribution in [1.82, 2.24) is 19.1 Å². The number of aromatic nitrogens is 4. The number of pyridine rings is 2. The number of halogens is 1. The second-order valence-corrected chi connectivity index (χ2v) is 7.18. The van der Waals surface area contributed by atoms with E-state index < -0.39 is 5.95 Å². The Morgan fingerprint density at radius 3 is 2.75 bits per heavy atom. The van der Waals surface area contributed by atoms with Gasteiger partial charge in [0, 0.05) is 30.8 Å². The van der Waals surface area contributed by atoms with E-state index in [1.54, 1.807) is 23.9 Å². The molecule has 1 atom stereocenters. The van der Waals surface area contributed by atoms with Gasteiger partial charge in [0.1, 0.15) is 0 Å². The molecule has 4 aromatic rings. The van der Waals surface area contributed by atoms with Crippen molar-refractivity contribution in [2.75, 3.05) is 13.2 Å². The molecule has 0 amide bonds. The van der Waals surface area contributed by atoms with Crippen LogP contribution in [0.2, 0.25) is 0 Å². The molecule has 0 unspecified atom stereocenters. The topological polar surface area (TPSA) is 61.9 Å². The van der Waals surface area contributed by atoms with Gasteiger partial charge in [-0.2, -0.15) is 4.39 Å². The zero-order chi connectivity index (χ0) is 19.3. The van der Waals surface area contributed by atoms with E-state index in [4.69, 9.17) is 4.74 Å². The van der Waals surface area contributed by atoms with Crippen LogP contribution in [0.15, 0.2) is 47.5 Å². The molecule has 5 rings (SSSR count). The molecule has 0 bridgehead atoms. The summed E-state index contributed by atoms with van der Waals surface area (Å²) in [7, 11) is 1.77. The van der Waals surface area contributed by atoms with E-state index in [2.05, 4.69) is 9.97 Å². The SMILES string of the molecule is Cn1c(=O)n([C@H]2CCCOC2)c2c3cc(-c4ccc(F)nc4)ccc3ncc21. The van der Waals surface area contributed by atoms with Gasteiger partial charge in [0.2, 0.25) is 5.95 Å². The third-order valence-corrected chi connectivity index (χ3v) is 5.48. The van der Waals surface area contributed by atoms with E-state index in [9.17, 15) is 9.18 Å². The van der Waals surface area contributed by atoms with Crippen molar-refractivity contribution < 1.29 is 9.13 Å². The predicted octanol–water partition coefficient (Wildman–Crippen LogP) is 3.44. The lowest BCUT2D eigenvalue weighted by Gasteiger charge is -2.23. The summed E-state index contributed by atoms with van der Waals surface area (Å²) in [6.45, 7) is 1.27. The number of hydrogen-bond acceptors (Lipinski definition) is 4. The fourth-order valence-corrected chi connectivity index (χ4v) is 4.02. The van der Waals surface area contributed by atoms with Crippen LogP contribution in [0.25, 0.3) is 33.1 Å². The predicted molar refractivity (Wildman–Crippen MR) is 105 cm³/mol. The number of hydrogen-bond donors (Lipinski definition) is 0. The molecule has 7 heteroatoms. The minimum absolute atomic E-state index is 0.00620. The Balaban J connectivity index is 1.79. The number of rotatable bonds is 2. The average Bonchev–Trinajstić information content (AvgIpc) is 3.00. The minimum Gasteiger partial charge on any atom is -0.379 e. The summed E-state index contributed by atoms with van der Waals surface area (Å²) >= 11 is 0. The van der Waals surface area contributed by atoms with Crippen molar-refractivity contribution in [2.24, 2.45) is 7.05 Å². The number of benzene rings is 1. The van der Waals surface area contributed by atoms with Gasteiger partial charge in [0.05, 0.1) is 35.4 Å². The Morgan fingerprint density at radius 2 is 2.00 bits per heavy atom. The number of fused-ring (bicyclic) bond motifs is 3. The first-order valence-electron chi connectivity index (χ1n) is 9.33. The number of imidazole rings is 1. The molecule has 142 valence electrons. The van der Waals surface area contributed by atoms with Gasteiger partial charge in [0.25, 0.3) is 0 Å². The molecular formula is C21H19FN4O2. The normalized spacial score (nSPS) is 17.4. The fraction of sp³-hybridized carbons (Fsp3) is 0.286. The van der Waals surface area contributed by atoms with Gasteiger partial charge in [-0.15, -0.1) is 0 Å². The van der Waals surface area contributed by atoms with Crippen LogP contribution in [0.3, 0.4) is 0 Å². The lowest BCUT2D eigenvalue weighted by Crippen LogP contribution is -2.31. The first kappa shape index (κ1) is 17.1. The first-order valence-corrected chi connectivity index (χ1v) is 9.33. The molecule has 0 aliphatic carbocycles. The van der Waals surface area contributed by atoms with Crippen molar-refractivity contribution in [3.63, 3.8) is 0 Å². The van der Waals surface area contributed by atoms with Crippen LogP contribution < -0.4 is 5.69 Å². The minimum atomic E-state index is -0.511. The third-order valence-electron chi connectivity index (χ3n) is 5.48. The third kappa shape index (κ3) is 2.62. The maximum atomic E-state index is 13.2. The lowest BCUT2D eigenvalue weighted by atomic mass is 10.0.